The Hall–Kier alpha value is -0.0800. The molecule has 0 spiro atoms. The van der Waals surface area contributed by atoms with Crippen molar-refractivity contribution in [2.24, 2.45) is 0 Å². The van der Waals surface area contributed by atoms with Crippen molar-refractivity contribution in [2.75, 3.05) is 0 Å². The van der Waals surface area contributed by atoms with Crippen LogP contribution in [0.3, 0.4) is 0 Å². The highest BCUT2D eigenvalue weighted by molar-refractivity contribution is 4.92. The van der Waals surface area contributed by atoms with Gasteiger partial charge in [0.25, 0.3) is 0 Å². The van der Waals surface area contributed by atoms with Crippen molar-refractivity contribution < 1.29 is 9.47 Å². The van der Waals surface area contributed by atoms with Crippen molar-refractivity contribution in [2.45, 2.75) is 51.1 Å². The first-order valence-electron chi connectivity index (χ1n) is 4.12. The summed E-state index contributed by atoms with van der Waals surface area (Å²) in [5.74, 6) is 0. The molecule has 4 unspecified atom stereocenters. The maximum absolute atomic E-state index is 5.70. The molecule has 0 N–H and O–H groups in total. The minimum Gasteiger partial charge on any atom is -0.370 e. The molecule has 0 aliphatic carbocycles. The average molecular weight is 142 g/mol. The molecular formula is C8H14O2. The van der Waals surface area contributed by atoms with Crippen LogP contribution in [0.4, 0.5) is 0 Å². The number of fused-ring (bicyclic) bond motifs is 2. The molecule has 2 aliphatic rings. The zero-order valence-electron chi connectivity index (χ0n) is 6.54. The Labute approximate surface area is 61.5 Å². The summed E-state index contributed by atoms with van der Waals surface area (Å²) in [6, 6.07) is 0. The molecule has 0 aromatic carbocycles. The van der Waals surface area contributed by atoms with E-state index in [1.807, 2.05) is 0 Å². The molecule has 2 heterocycles. The second-order valence-electron chi connectivity index (χ2n) is 3.24. The summed E-state index contributed by atoms with van der Waals surface area (Å²) in [6.07, 6.45) is 3.75. The van der Waals surface area contributed by atoms with E-state index in [1.165, 1.54) is 0 Å². The second kappa shape index (κ2) is 2.21. The fourth-order valence-corrected chi connectivity index (χ4v) is 1.92. The summed E-state index contributed by atoms with van der Waals surface area (Å²) in [6.45, 7) is 4.25. The lowest BCUT2D eigenvalue weighted by atomic mass is 10.1. The van der Waals surface area contributed by atoms with E-state index < -0.39 is 0 Å². The molecule has 2 aliphatic heterocycles. The molecule has 0 aromatic rings. The Kier molecular flexibility index (Phi) is 1.46. The number of rotatable bonds is 1. The van der Waals surface area contributed by atoms with Crippen molar-refractivity contribution in [1.29, 1.82) is 0 Å². The molecule has 2 saturated heterocycles. The summed E-state index contributed by atoms with van der Waals surface area (Å²) < 4.78 is 11.3. The van der Waals surface area contributed by atoms with Gasteiger partial charge in [-0.3, -0.25) is 0 Å². The molecule has 0 aromatic heterocycles. The van der Waals surface area contributed by atoms with Crippen molar-refractivity contribution >= 4 is 0 Å². The van der Waals surface area contributed by atoms with Crippen LogP contribution in [0.1, 0.15) is 26.7 Å². The monoisotopic (exact) mass is 142 g/mol. The van der Waals surface area contributed by atoms with Gasteiger partial charge in [0.15, 0.2) is 0 Å². The van der Waals surface area contributed by atoms with E-state index in [1.54, 1.807) is 0 Å². The van der Waals surface area contributed by atoms with Crippen LogP contribution in [0.2, 0.25) is 0 Å². The van der Waals surface area contributed by atoms with E-state index in [-0.39, 0.29) is 0 Å². The summed E-state index contributed by atoms with van der Waals surface area (Å²) in [5, 5.41) is 0. The zero-order valence-corrected chi connectivity index (χ0v) is 6.54. The SMILES string of the molecule is CCC1OC2CC1OC2C. The van der Waals surface area contributed by atoms with Gasteiger partial charge in [0.1, 0.15) is 0 Å². The molecule has 0 radical (unpaired) electrons. The Morgan fingerprint density at radius 1 is 1.30 bits per heavy atom. The average Bonchev–Trinajstić information content (AvgIpc) is 2.44. The maximum atomic E-state index is 5.70. The Morgan fingerprint density at radius 3 is 2.50 bits per heavy atom. The van der Waals surface area contributed by atoms with Gasteiger partial charge >= 0.3 is 0 Å². The molecule has 0 amide bonds. The highest BCUT2D eigenvalue weighted by Crippen LogP contribution is 2.35. The van der Waals surface area contributed by atoms with E-state index in [0.29, 0.717) is 24.4 Å². The molecular weight excluding hydrogens is 128 g/mol. The first-order chi connectivity index (χ1) is 4.81. The normalized spacial score (nSPS) is 52.2. The molecule has 58 valence electrons. The topological polar surface area (TPSA) is 18.5 Å². The van der Waals surface area contributed by atoms with E-state index in [2.05, 4.69) is 13.8 Å². The van der Waals surface area contributed by atoms with E-state index in [0.717, 1.165) is 12.8 Å². The van der Waals surface area contributed by atoms with Gasteiger partial charge in [-0.1, -0.05) is 6.92 Å². The molecule has 2 fully saturated rings. The van der Waals surface area contributed by atoms with E-state index >= 15 is 0 Å². The van der Waals surface area contributed by atoms with Crippen LogP contribution < -0.4 is 0 Å². The third-order valence-corrected chi connectivity index (χ3v) is 2.54. The quantitative estimate of drug-likeness (QED) is 0.550. The highest BCUT2D eigenvalue weighted by atomic mass is 16.6. The summed E-state index contributed by atoms with van der Waals surface area (Å²) >= 11 is 0. The molecule has 4 atom stereocenters. The predicted molar refractivity (Wildman–Crippen MR) is 37.9 cm³/mol. The van der Waals surface area contributed by atoms with Gasteiger partial charge in [-0.25, -0.2) is 0 Å². The van der Waals surface area contributed by atoms with E-state index in [4.69, 9.17) is 9.47 Å². The summed E-state index contributed by atoms with van der Waals surface area (Å²) in [4.78, 5) is 0. The van der Waals surface area contributed by atoms with Crippen LogP contribution in [0, 0.1) is 0 Å². The van der Waals surface area contributed by atoms with Crippen LogP contribution in [-0.4, -0.2) is 24.4 Å². The lowest BCUT2D eigenvalue weighted by Crippen LogP contribution is -2.33. The van der Waals surface area contributed by atoms with Gasteiger partial charge in [-0.2, -0.15) is 0 Å². The third kappa shape index (κ3) is 0.789. The van der Waals surface area contributed by atoms with Gasteiger partial charge in [0, 0.05) is 6.42 Å². The maximum Gasteiger partial charge on any atom is 0.0867 e. The highest BCUT2D eigenvalue weighted by Gasteiger charge is 2.45. The van der Waals surface area contributed by atoms with Gasteiger partial charge in [-0.05, 0) is 13.3 Å². The van der Waals surface area contributed by atoms with E-state index in [9.17, 15) is 0 Å². The fourth-order valence-electron chi connectivity index (χ4n) is 1.92. The van der Waals surface area contributed by atoms with Crippen LogP contribution in [0.15, 0.2) is 0 Å². The zero-order chi connectivity index (χ0) is 7.14. The molecule has 0 saturated carbocycles. The minimum atomic E-state index is 0.341. The first-order valence-corrected chi connectivity index (χ1v) is 4.12. The van der Waals surface area contributed by atoms with Crippen LogP contribution >= 0.6 is 0 Å². The molecule has 2 nitrogen and oxygen atoms in total. The fraction of sp³-hybridized carbons (Fsp3) is 1.00. The molecule has 2 bridgehead atoms. The minimum absolute atomic E-state index is 0.341. The molecule has 2 rings (SSSR count). The number of hydrogen-bond acceptors (Lipinski definition) is 2. The summed E-state index contributed by atoms with van der Waals surface area (Å²) in [5.41, 5.74) is 0. The van der Waals surface area contributed by atoms with Crippen LogP contribution in [-0.2, 0) is 9.47 Å². The first kappa shape index (κ1) is 6.62. The lowest BCUT2D eigenvalue weighted by molar-refractivity contribution is -0.130. The summed E-state index contributed by atoms with van der Waals surface area (Å²) in [7, 11) is 0. The van der Waals surface area contributed by atoms with Crippen molar-refractivity contribution in [1.82, 2.24) is 0 Å². The van der Waals surface area contributed by atoms with Crippen molar-refractivity contribution in [3.05, 3.63) is 0 Å². The van der Waals surface area contributed by atoms with Crippen molar-refractivity contribution in [3.8, 4) is 0 Å². The van der Waals surface area contributed by atoms with Gasteiger partial charge in [-0.15, -0.1) is 0 Å². The lowest BCUT2D eigenvalue weighted by Gasteiger charge is -2.25. The smallest absolute Gasteiger partial charge is 0.0867 e. The largest absolute Gasteiger partial charge is 0.370 e. The second-order valence-corrected chi connectivity index (χ2v) is 3.24. The Balaban J connectivity index is 2.02. The van der Waals surface area contributed by atoms with Crippen molar-refractivity contribution in [3.63, 3.8) is 0 Å². The van der Waals surface area contributed by atoms with Crippen LogP contribution in [0.5, 0.6) is 0 Å². The Morgan fingerprint density at radius 2 is 2.10 bits per heavy atom. The third-order valence-electron chi connectivity index (χ3n) is 2.54. The molecule has 2 heteroatoms. The standard InChI is InChI=1S/C8H14O2/c1-3-6-8-4-7(10-6)5(2)9-8/h5-8H,3-4H2,1-2H3. The van der Waals surface area contributed by atoms with Gasteiger partial charge in [0.05, 0.1) is 24.4 Å². The number of ether oxygens (including phenoxy) is 2. The number of hydrogen-bond donors (Lipinski definition) is 0. The van der Waals surface area contributed by atoms with Gasteiger partial charge in [0.2, 0.25) is 0 Å². The molecule has 10 heavy (non-hydrogen) atoms. The van der Waals surface area contributed by atoms with Gasteiger partial charge < -0.3 is 9.47 Å². The Bertz CT molecular complexity index is 133. The predicted octanol–water partition coefficient (Wildman–Crippen LogP) is 1.34. The van der Waals surface area contributed by atoms with Crippen LogP contribution in [0.25, 0.3) is 0 Å².